The lowest BCUT2D eigenvalue weighted by molar-refractivity contribution is -0.109. The van der Waals surface area contributed by atoms with Gasteiger partial charge in [0.1, 0.15) is 17.5 Å². The van der Waals surface area contributed by atoms with Gasteiger partial charge in [0.25, 0.3) is 0 Å². The number of amides is 2. The van der Waals surface area contributed by atoms with Gasteiger partial charge in [-0.15, -0.1) is 12.3 Å². The van der Waals surface area contributed by atoms with Crippen molar-refractivity contribution < 1.29 is 23.9 Å². The van der Waals surface area contributed by atoms with Crippen LogP contribution in [0.2, 0.25) is 0 Å². The van der Waals surface area contributed by atoms with E-state index in [0.29, 0.717) is 42.7 Å². The first-order valence-electron chi connectivity index (χ1n) is 10.7. The van der Waals surface area contributed by atoms with Crippen LogP contribution in [0.4, 0.5) is 9.59 Å². The van der Waals surface area contributed by atoms with Gasteiger partial charge in [-0.2, -0.15) is 0 Å². The van der Waals surface area contributed by atoms with Crippen molar-refractivity contribution in [3.05, 3.63) is 0 Å². The number of carbonyl (C=O) groups is 3. The molecule has 2 amide bonds. The molecule has 4 rings (SSSR count). The Kier molecular flexibility index (Phi) is 5.83. The van der Waals surface area contributed by atoms with Crippen LogP contribution in [-0.4, -0.2) is 65.7 Å². The maximum atomic E-state index is 11.7. The Morgan fingerprint density at radius 1 is 0.833 bits per heavy atom. The summed E-state index contributed by atoms with van der Waals surface area (Å²) < 4.78 is 10.6. The third-order valence-electron chi connectivity index (χ3n) is 6.11. The van der Waals surface area contributed by atoms with Crippen molar-refractivity contribution in [2.75, 3.05) is 26.2 Å². The summed E-state index contributed by atoms with van der Waals surface area (Å²) in [6, 6.07) is 0. The van der Waals surface area contributed by atoms with E-state index in [1.165, 1.54) is 0 Å². The van der Waals surface area contributed by atoms with Gasteiger partial charge in [0.15, 0.2) is 0 Å². The minimum absolute atomic E-state index is 0.198. The predicted octanol–water partition coefficient (Wildman–Crippen LogP) is 3.03. The van der Waals surface area contributed by atoms with Crippen molar-refractivity contribution in [3.63, 3.8) is 0 Å². The summed E-state index contributed by atoms with van der Waals surface area (Å²) in [5.41, 5.74) is -0.844. The molecule has 0 spiro atoms. The molecule has 166 valence electrons. The number of rotatable bonds is 1. The highest BCUT2D eigenvalue weighted by atomic mass is 16.6. The zero-order valence-corrected chi connectivity index (χ0v) is 18.9. The first kappa shape index (κ1) is 22.5. The fourth-order valence-corrected chi connectivity index (χ4v) is 4.50. The maximum Gasteiger partial charge on any atom is 0.410 e. The van der Waals surface area contributed by atoms with Crippen LogP contribution in [0.5, 0.6) is 0 Å². The highest BCUT2D eigenvalue weighted by Crippen LogP contribution is 2.51. The topological polar surface area (TPSA) is 76.2 Å². The van der Waals surface area contributed by atoms with E-state index >= 15 is 0 Å². The predicted molar refractivity (Wildman–Crippen MR) is 111 cm³/mol. The zero-order chi connectivity index (χ0) is 22.4. The molecule has 2 saturated carbocycles. The summed E-state index contributed by atoms with van der Waals surface area (Å²) in [4.78, 5) is 37.3. The van der Waals surface area contributed by atoms with E-state index < -0.39 is 11.2 Å². The average Bonchev–Trinajstić information content (AvgIpc) is 3.28. The Bertz CT molecular complexity index is 720. The first-order chi connectivity index (χ1) is 13.8. The third kappa shape index (κ3) is 5.08. The number of hydrogen-bond donors (Lipinski definition) is 0. The van der Waals surface area contributed by atoms with Gasteiger partial charge in [0, 0.05) is 38.0 Å². The van der Waals surface area contributed by atoms with E-state index in [4.69, 9.17) is 15.9 Å². The molecular weight excluding hydrogens is 384 g/mol. The molecule has 4 aliphatic rings. The lowest BCUT2D eigenvalue weighted by Crippen LogP contribution is -2.37. The zero-order valence-electron chi connectivity index (χ0n) is 18.9. The smallest absolute Gasteiger partial charge is 0.410 e. The molecule has 2 aliphatic carbocycles. The highest BCUT2D eigenvalue weighted by molar-refractivity contribution is 5.70. The van der Waals surface area contributed by atoms with Crippen LogP contribution in [0.3, 0.4) is 0 Å². The molecule has 0 radical (unpaired) electrons. The van der Waals surface area contributed by atoms with Gasteiger partial charge >= 0.3 is 12.2 Å². The monoisotopic (exact) mass is 418 g/mol. The first-order valence-corrected chi connectivity index (χ1v) is 10.7. The molecular formula is C23H34N2O5. The minimum Gasteiger partial charge on any atom is -0.444 e. The van der Waals surface area contributed by atoms with Crippen molar-refractivity contribution in [2.24, 2.45) is 35.5 Å². The standard InChI is InChI=1S/C12H17NO2.C11H17NO3/c1-5-8-9-6-13(7-10(8)9)11(14)15-12(2,3)4;1-11(2,3)15-10(14)12-4-7-8(5-12)9(7)6-13/h1,8-10H,6-7H2,2-4H3;6-9H,4-5H2,1-3H3/t8?,9-,10+;7-,8+,9?. The molecule has 0 aromatic carbocycles. The van der Waals surface area contributed by atoms with Gasteiger partial charge in [-0.25, -0.2) is 9.59 Å². The summed E-state index contributed by atoms with van der Waals surface area (Å²) in [5.74, 6) is 5.23. The van der Waals surface area contributed by atoms with Crippen molar-refractivity contribution >= 4 is 18.5 Å². The number of carbonyl (C=O) groups excluding carboxylic acids is 3. The molecule has 2 unspecified atom stereocenters. The Labute approximate surface area is 179 Å². The summed E-state index contributed by atoms with van der Waals surface area (Å²) in [6.45, 7) is 14.1. The number of nitrogens with zero attached hydrogens (tertiary/aromatic N) is 2. The normalized spacial score (nSPS) is 33.4. The lowest BCUT2D eigenvalue weighted by Gasteiger charge is -2.25. The molecule has 2 heterocycles. The highest BCUT2D eigenvalue weighted by Gasteiger charge is 2.57. The molecule has 0 bridgehead atoms. The molecule has 0 aromatic heterocycles. The van der Waals surface area contributed by atoms with Crippen LogP contribution < -0.4 is 0 Å². The number of fused-ring (bicyclic) bond motifs is 2. The Hall–Kier alpha value is -2.23. The number of terminal acetylenes is 1. The van der Waals surface area contributed by atoms with Gasteiger partial charge in [0.2, 0.25) is 0 Å². The van der Waals surface area contributed by atoms with Crippen LogP contribution >= 0.6 is 0 Å². The molecule has 7 nitrogen and oxygen atoms in total. The van der Waals surface area contributed by atoms with E-state index in [2.05, 4.69) is 5.92 Å². The molecule has 6 atom stereocenters. The molecule has 2 saturated heterocycles. The second-order valence-electron chi connectivity index (χ2n) is 10.8. The number of ether oxygens (including phenoxy) is 2. The summed E-state index contributed by atoms with van der Waals surface area (Å²) in [6.07, 6.45) is 5.92. The van der Waals surface area contributed by atoms with E-state index in [1.807, 2.05) is 41.5 Å². The van der Waals surface area contributed by atoms with Crippen molar-refractivity contribution in [1.82, 2.24) is 9.80 Å². The Balaban J connectivity index is 0.000000171. The van der Waals surface area contributed by atoms with E-state index in [1.54, 1.807) is 9.80 Å². The maximum absolute atomic E-state index is 11.7. The number of aldehydes is 1. The van der Waals surface area contributed by atoms with Crippen molar-refractivity contribution in [2.45, 2.75) is 52.7 Å². The van der Waals surface area contributed by atoms with Crippen LogP contribution in [0, 0.1) is 47.9 Å². The summed E-state index contributed by atoms with van der Waals surface area (Å²) >= 11 is 0. The molecule has 4 fully saturated rings. The molecule has 7 heteroatoms. The summed E-state index contributed by atoms with van der Waals surface area (Å²) in [7, 11) is 0. The van der Waals surface area contributed by atoms with Gasteiger partial charge < -0.3 is 24.1 Å². The second kappa shape index (κ2) is 7.79. The molecule has 30 heavy (non-hydrogen) atoms. The van der Waals surface area contributed by atoms with Crippen LogP contribution in [0.25, 0.3) is 0 Å². The second-order valence-corrected chi connectivity index (χ2v) is 10.8. The SMILES string of the molecule is C#CC1[C@H]2CN(C(=O)OC(C)(C)C)C[C@@H]12.CC(C)(C)OC(=O)N1C[C@@H]2C(C=O)[C@@H]2C1. The van der Waals surface area contributed by atoms with E-state index in [9.17, 15) is 14.4 Å². The molecule has 0 aromatic rings. The van der Waals surface area contributed by atoms with Crippen LogP contribution in [0.1, 0.15) is 41.5 Å². The van der Waals surface area contributed by atoms with Crippen LogP contribution in [0.15, 0.2) is 0 Å². The number of hydrogen-bond acceptors (Lipinski definition) is 5. The minimum atomic E-state index is -0.437. The van der Waals surface area contributed by atoms with Gasteiger partial charge in [-0.05, 0) is 65.2 Å². The largest absolute Gasteiger partial charge is 0.444 e. The van der Waals surface area contributed by atoms with Gasteiger partial charge in [-0.3, -0.25) is 0 Å². The van der Waals surface area contributed by atoms with E-state index in [-0.39, 0.29) is 18.1 Å². The number of likely N-dealkylation sites (tertiary alicyclic amines) is 2. The van der Waals surface area contributed by atoms with Crippen molar-refractivity contribution in [3.8, 4) is 12.3 Å². The quantitative estimate of drug-likeness (QED) is 0.483. The summed E-state index contributed by atoms with van der Waals surface area (Å²) in [5, 5.41) is 0. The third-order valence-corrected chi connectivity index (χ3v) is 6.11. The Morgan fingerprint density at radius 3 is 1.50 bits per heavy atom. The number of piperidine rings is 2. The lowest BCUT2D eigenvalue weighted by atomic mass is 10.2. The fraction of sp³-hybridized carbons (Fsp3) is 0.783. The molecule has 0 N–H and O–H groups in total. The van der Waals surface area contributed by atoms with Crippen LogP contribution in [-0.2, 0) is 14.3 Å². The van der Waals surface area contributed by atoms with Gasteiger partial charge in [0.05, 0.1) is 0 Å². The average molecular weight is 419 g/mol. The Morgan fingerprint density at radius 2 is 1.20 bits per heavy atom. The fourth-order valence-electron chi connectivity index (χ4n) is 4.50. The van der Waals surface area contributed by atoms with Crippen molar-refractivity contribution in [1.29, 1.82) is 0 Å². The molecule has 2 aliphatic heterocycles. The van der Waals surface area contributed by atoms with E-state index in [0.717, 1.165) is 19.4 Å². The van der Waals surface area contributed by atoms with Gasteiger partial charge in [-0.1, -0.05) is 0 Å².